The molecular formula is C13H10ClFN2O. The van der Waals surface area contributed by atoms with Gasteiger partial charge >= 0.3 is 0 Å². The number of carbonyl (C=O) groups is 1. The van der Waals surface area contributed by atoms with Crippen molar-refractivity contribution in [2.45, 2.75) is 6.92 Å². The number of hydrogen-bond acceptors (Lipinski definition) is 2. The van der Waals surface area contributed by atoms with Crippen molar-refractivity contribution in [3.63, 3.8) is 0 Å². The first-order valence-electron chi connectivity index (χ1n) is 5.26. The molecule has 2 aromatic rings. The molecule has 0 spiro atoms. The molecule has 1 heterocycles. The van der Waals surface area contributed by atoms with E-state index in [4.69, 9.17) is 11.6 Å². The van der Waals surface area contributed by atoms with E-state index in [9.17, 15) is 9.18 Å². The molecule has 0 radical (unpaired) electrons. The highest BCUT2D eigenvalue weighted by Crippen LogP contribution is 2.14. The SMILES string of the molecule is Cc1ccc(C(=O)Nc2cccc(Cl)n2)c(F)c1. The first-order chi connectivity index (χ1) is 8.56. The van der Waals surface area contributed by atoms with Gasteiger partial charge in [0, 0.05) is 0 Å². The van der Waals surface area contributed by atoms with Gasteiger partial charge in [0.2, 0.25) is 0 Å². The second kappa shape index (κ2) is 5.14. The summed E-state index contributed by atoms with van der Waals surface area (Å²) >= 11 is 5.69. The summed E-state index contributed by atoms with van der Waals surface area (Å²) in [5.74, 6) is -0.829. The van der Waals surface area contributed by atoms with Gasteiger partial charge in [-0.2, -0.15) is 0 Å². The zero-order valence-electron chi connectivity index (χ0n) is 9.58. The van der Waals surface area contributed by atoms with E-state index in [2.05, 4.69) is 10.3 Å². The maximum absolute atomic E-state index is 13.6. The van der Waals surface area contributed by atoms with Crippen molar-refractivity contribution in [2.24, 2.45) is 0 Å². The summed E-state index contributed by atoms with van der Waals surface area (Å²) in [7, 11) is 0. The van der Waals surface area contributed by atoms with Gasteiger partial charge in [0.25, 0.3) is 5.91 Å². The lowest BCUT2D eigenvalue weighted by Crippen LogP contribution is -2.14. The Morgan fingerprint density at radius 2 is 2.11 bits per heavy atom. The van der Waals surface area contributed by atoms with E-state index < -0.39 is 11.7 Å². The summed E-state index contributed by atoms with van der Waals surface area (Å²) in [6.45, 7) is 1.75. The molecule has 1 aromatic heterocycles. The average molecular weight is 265 g/mol. The van der Waals surface area contributed by atoms with Crippen LogP contribution in [0.5, 0.6) is 0 Å². The number of nitrogens with zero attached hydrogens (tertiary/aromatic N) is 1. The van der Waals surface area contributed by atoms with E-state index >= 15 is 0 Å². The highest BCUT2D eigenvalue weighted by Gasteiger charge is 2.12. The zero-order valence-corrected chi connectivity index (χ0v) is 10.3. The number of amides is 1. The van der Waals surface area contributed by atoms with E-state index in [1.165, 1.54) is 12.1 Å². The Morgan fingerprint density at radius 1 is 1.33 bits per heavy atom. The lowest BCUT2D eigenvalue weighted by atomic mass is 10.1. The van der Waals surface area contributed by atoms with E-state index in [0.717, 1.165) is 5.56 Å². The molecule has 18 heavy (non-hydrogen) atoms. The average Bonchev–Trinajstić information content (AvgIpc) is 2.28. The molecular weight excluding hydrogens is 255 g/mol. The molecule has 0 fully saturated rings. The van der Waals surface area contributed by atoms with Crippen LogP contribution in [-0.2, 0) is 0 Å². The first-order valence-corrected chi connectivity index (χ1v) is 5.64. The highest BCUT2D eigenvalue weighted by atomic mass is 35.5. The summed E-state index contributed by atoms with van der Waals surface area (Å²) in [6, 6.07) is 9.23. The molecule has 1 amide bonds. The van der Waals surface area contributed by atoms with Crippen LogP contribution >= 0.6 is 11.6 Å². The zero-order chi connectivity index (χ0) is 13.1. The number of nitrogens with one attached hydrogen (secondary N) is 1. The minimum atomic E-state index is -0.561. The van der Waals surface area contributed by atoms with Crippen molar-refractivity contribution < 1.29 is 9.18 Å². The van der Waals surface area contributed by atoms with Gasteiger partial charge in [-0.25, -0.2) is 9.37 Å². The second-order valence-electron chi connectivity index (χ2n) is 3.78. The van der Waals surface area contributed by atoms with Crippen LogP contribution in [0.25, 0.3) is 0 Å². The topological polar surface area (TPSA) is 42.0 Å². The number of aromatic nitrogens is 1. The number of hydrogen-bond donors (Lipinski definition) is 1. The minimum absolute atomic E-state index is 0.0256. The van der Waals surface area contributed by atoms with Gasteiger partial charge in [0.1, 0.15) is 16.8 Å². The summed E-state index contributed by atoms with van der Waals surface area (Å²) in [5.41, 5.74) is 0.729. The Bertz CT molecular complexity index is 601. The van der Waals surface area contributed by atoms with Crippen LogP contribution < -0.4 is 5.32 Å². The van der Waals surface area contributed by atoms with Gasteiger partial charge in [-0.1, -0.05) is 23.7 Å². The summed E-state index contributed by atoms with van der Waals surface area (Å²) in [6.07, 6.45) is 0. The van der Waals surface area contributed by atoms with Crippen molar-refractivity contribution in [1.82, 2.24) is 4.98 Å². The second-order valence-corrected chi connectivity index (χ2v) is 4.17. The molecule has 3 nitrogen and oxygen atoms in total. The quantitative estimate of drug-likeness (QED) is 0.845. The fourth-order valence-electron chi connectivity index (χ4n) is 1.47. The van der Waals surface area contributed by atoms with Gasteiger partial charge in [0.05, 0.1) is 5.56 Å². The lowest BCUT2D eigenvalue weighted by molar-refractivity contribution is 0.102. The van der Waals surface area contributed by atoms with Crippen molar-refractivity contribution in [3.8, 4) is 0 Å². The van der Waals surface area contributed by atoms with Crippen molar-refractivity contribution >= 4 is 23.3 Å². The fourth-order valence-corrected chi connectivity index (χ4v) is 1.63. The van der Waals surface area contributed by atoms with Crippen molar-refractivity contribution in [1.29, 1.82) is 0 Å². The van der Waals surface area contributed by atoms with Crippen LogP contribution in [0.4, 0.5) is 10.2 Å². The number of rotatable bonds is 2. The Morgan fingerprint density at radius 3 is 2.78 bits per heavy atom. The number of carbonyl (C=O) groups excluding carboxylic acids is 1. The molecule has 1 aromatic carbocycles. The molecule has 0 aliphatic heterocycles. The summed E-state index contributed by atoms with van der Waals surface area (Å²) in [4.78, 5) is 15.7. The molecule has 0 aliphatic rings. The van der Waals surface area contributed by atoms with E-state index in [0.29, 0.717) is 0 Å². The van der Waals surface area contributed by atoms with Crippen LogP contribution in [0.3, 0.4) is 0 Å². The maximum atomic E-state index is 13.6. The predicted octanol–water partition coefficient (Wildman–Crippen LogP) is 3.43. The van der Waals surface area contributed by atoms with E-state index in [-0.39, 0.29) is 16.5 Å². The third-order valence-corrected chi connectivity index (χ3v) is 2.54. The molecule has 92 valence electrons. The predicted molar refractivity (Wildman–Crippen MR) is 68.3 cm³/mol. The van der Waals surface area contributed by atoms with Crippen molar-refractivity contribution in [3.05, 3.63) is 58.5 Å². The van der Waals surface area contributed by atoms with E-state index in [1.54, 1.807) is 31.2 Å². The maximum Gasteiger partial charge on any atom is 0.259 e. The smallest absolute Gasteiger partial charge is 0.259 e. The summed E-state index contributed by atoms with van der Waals surface area (Å²) < 4.78 is 13.6. The molecule has 1 N–H and O–H groups in total. The largest absolute Gasteiger partial charge is 0.306 e. The number of benzene rings is 1. The molecule has 0 aliphatic carbocycles. The van der Waals surface area contributed by atoms with Gasteiger partial charge in [-0.3, -0.25) is 4.79 Å². The van der Waals surface area contributed by atoms with Crippen LogP contribution in [0.2, 0.25) is 5.15 Å². The van der Waals surface area contributed by atoms with Gasteiger partial charge in [0.15, 0.2) is 0 Å². The summed E-state index contributed by atoms with van der Waals surface area (Å²) in [5, 5.41) is 2.75. The Hall–Kier alpha value is -1.94. The van der Waals surface area contributed by atoms with Crippen LogP contribution in [-0.4, -0.2) is 10.9 Å². The number of anilines is 1. The standard InChI is InChI=1S/C13H10ClFN2O/c1-8-5-6-9(10(15)7-8)13(18)17-12-4-2-3-11(14)16-12/h2-7H,1H3,(H,16,17,18). The highest BCUT2D eigenvalue weighted by molar-refractivity contribution is 6.29. The molecule has 0 bridgehead atoms. The monoisotopic (exact) mass is 264 g/mol. The van der Waals surface area contributed by atoms with Crippen molar-refractivity contribution in [2.75, 3.05) is 5.32 Å². The van der Waals surface area contributed by atoms with Crippen LogP contribution in [0, 0.1) is 12.7 Å². The van der Waals surface area contributed by atoms with Gasteiger partial charge < -0.3 is 5.32 Å². The molecule has 5 heteroatoms. The van der Waals surface area contributed by atoms with Crippen LogP contribution in [0.15, 0.2) is 36.4 Å². The first kappa shape index (κ1) is 12.5. The normalized spacial score (nSPS) is 10.2. The van der Waals surface area contributed by atoms with Gasteiger partial charge in [-0.15, -0.1) is 0 Å². The number of pyridine rings is 1. The van der Waals surface area contributed by atoms with Crippen LogP contribution in [0.1, 0.15) is 15.9 Å². The third-order valence-electron chi connectivity index (χ3n) is 2.33. The minimum Gasteiger partial charge on any atom is -0.306 e. The number of halogens is 2. The molecule has 0 saturated carbocycles. The Labute approximate surface area is 109 Å². The third kappa shape index (κ3) is 2.84. The number of aryl methyl sites for hydroxylation is 1. The van der Waals surface area contributed by atoms with E-state index in [1.807, 2.05) is 0 Å². The Kier molecular flexibility index (Phi) is 3.58. The molecule has 0 atom stereocenters. The molecule has 2 rings (SSSR count). The molecule has 0 saturated heterocycles. The Balaban J connectivity index is 2.22. The molecule has 0 unspecified atom stereocenters. The van der Waals surface area contributed by atoms with Gasteiger partial charge in [-0.05, 0) is 36.8 Å². The fraction of sp³-hybridized carbons (Fsp3) is 0.0769. The lowest BCUT2D eigenvalue weighted by Gasteiger charge is -2.06.